The number of nitrogens with one attached hydrogen (secondary N) is 1. The molecule has 2 amide bonds. The van der Waals surface area contributed by atoms with Gasteiger partial charge in [-0.1, -0.05) is 0 Å². The Balaban J connectivity index is 2.08. The zero-order valence-electron chi connectivity index (χ0n) is 11.3. The summed E-state index contributed by atoms with van der Waals surface area (Å²) in [6, 6.07) is 1.80. The lowest BCUT2D eigenvalue weighted by atomic mass is 10.00. The molecule has 1 heterocycles. The Morgan fingerprint density at radius 1 is 1.24 bits per heavy atom. The third-order valence-electron chi connectivity index (χ3n) is 3.41. The van der Waals surface area contributed by atoms with Crippen LogP contribution in [0.2, 0.25) is 0 Å². The van der Waals surface area contributed by atoms with Crippen LogP contribution < -0.4 is 5.32 Å². The smallest absolute Gasteiger partial charge is 0.322 e. The molecule has 21 heavy (non-hydrogen) atoms. The summed E-state index contributed by atoms with van der Waals surface area (Å²) in [5, 5.41) is 11.3. The van der Waals surface area contributed by atoms with Gasteiger partial charge >= 0.3 is 12.0 Å². The third kappa shape index (κ3) is 4.14. The van der Waals surface area contributed by atoms with E-state index in [4.69, 9.17) is 5.11 Å². The zero-order chi connectivity index (χ0) is 15.4. The van der Waals surface area contributed by atoms with Crippen molar-refractivity contribution in [2.75, 3.05) is 11.9 Å². The number of piperidine rings is 1. The number of halogens is 2. The van der Waals surface area contributed by atoms with Crippen LogP contribution in [0.25, 0.3) is 0 Å². The van der Waals surface area contributed by atoms with Gasteiger partial charge < -0.3 is 15.3 Å². The van der Waals surface area contributed by atoms with E-state index in [1.165, 1.54) is 4.90 Å². The number of carbonyl (C=O) groups is 2. The van der Waals surface area contributed by atoms with Crippen molar-refractivity contribution in [2.24, 2.45) is 0 Å². The first-order valence-corrected chi connectivity index (χ1v) is 6.71. The van der Waals surface area contributed by atoms with Gasteiger partial charge in [-0.15, -0.1) is 0 Å². The number of carbonyl (C=O) groups excluding carboxylic acids is 1. The molecule has 1 aromatic carbocycles. The van der Waals surface area contributed by atoms with Gasteiger partial charge in [0.1, 0.15) is 11.6 Å². The Labute approximate surface area is 120 Å². The number of nitrogens with zero attached hydrogens (tertiary/aromatic N) is 1. The summed E-state index contributed by atoms with van der Waals surface area (Å²) in [5.41, 5.74) is 0.0112. The normalized spacial score (nSPS) is 18.4. The third-order valence-corrected chi connectivity index (χ3v) is 3.41. The Hall–Kier alpha value is -2.18. The van der Waals surface area contributed by atoms with Gasteiger partial charge in [-0.2, -0.15) is 0 Å². The molecule has 1 aliphatic rings. The van der Waals surface area contributed by atoms with Crippen LogP contribution in [-0.2, 0) is 4.79 Å². The predicted octanol–water partition coefficient (Wildman–Crippen LogP) is 2.83. The standard InChI is InChI=1S/C14H16F2N2O3/c15-9-5-10(16)7-11(6-9)17-14(21)18-4-2-1-3-12(18)8-13(19)20/h5-7,12H,1-4,8H2,(H,17,21)(H,19,20). The van der Waals surface area contributed by atoms with E-state index in [2.05, 4.69) is 5.32 Å². The van der Waals surface area contributed by atoms with Gasteiger partial charge in [0.05, 0.1) is 6.42 Å². The van der Waals surface area contributed by atoms with Gasteiger partial charge in [-0.25, -0.2) is 13.6 Å². The second kappa shape index (κ2) is 6.51. The van der Waals surface area contributed by atoms with Crippen LogP contribution in [0, 0.1) is 11.6 Å². The molecule has 1 atom stereocenters. The van der Waals surface area contributed by atoms with Gasteiger partial charge in [0.25, 0.3) is 0 Å². The lowest BCUT2D eigenvalue weighted by Gasteiger charge is -2.34. The van der Waals surface area contributed by atoms with Crippen LogP contribution in [0.1, 0.15) is 25.7 Å². The fourth-order valence-electron chi connectivity index (χ4n) is 2.50. The highest BCUT2D eigenvalue weighted by atomic mass is 19.1. The van der Waals surface area contributed by atoms with Crippen LogP contribution in [0.4, 0.5) is 19.3 Å². The average molecular weight is 298 g/mol. The molecule has 1 fully saturated rings. The van der Waals surface area contributed by atoms with E-state index >= 15 is 0 Å². The fraction of sp³-hybridized carbons (Fsp3) is 0.429. The summed E-state index contributed by atoms with van der Waals surface area (Å²) in [5.74, 6) is -2.55. The molecule has 114 valence electrons. The Kier molecular flexibility index (Phi) is 4.72. The molecule has 0 aromatic heterocycles. The van der Waals surface area contributed by atoms with Crippen LogP contribution >= 0.6 is 0 Å². The number of hydrogen-bond donors (Lipinski definition) is 2. The number of aliphatic carboxylic acids is 1. The van der Waals surface area contributed by atoms with Crippen molar-refractivity contribution < 1.29 is 23.5 Å². The van der Waals surface area contributed by atoms with Crippen molar-refractivity contribution in [3.63, 3.8) is 0 Å². The van der Waals surface area contributed by atoms with Crippen LogP contribution in [-0.4, -0.2) is 34.6 Å². The topological polar surface area (TPSA) is 69.6 Å². The van der Waals surface area contributed by atoms with E-state index in [0.29, 0.717) is 19.0 Å². The predicted molar refractivity (Wildman–Crippen MR) is 72.0 cm³/mol. The molecule has 1 aliphatic heterocycles. The first-order chi connectivity index (χ1) is 9.95. The lowest BCUT2D eigenvalue weighted by Crippen LogP contribution is -2.46. The second-order valence-corrected chi connectivity index (χ2v) is 5.03. The Morgan fingerprint density at radius 2 is 1.90 bits per heavy atom. The van der Waals surface area contributed by atoms with E-state index in [-0.39, 0.29) is 12.1 Å². The Bertz CT molecular complexity index is 531. The van der Waals surface area contributed by atoms with Crippen LogP contribution in [0.5, 0.6) is 0 Å². The molecular formula is C14H16F2N2O3. The molecule has 0 aliphatic carbocycles. The first kappa shape index (κ1) is 15.2. The maximum Gasteiger partial charge on any atom is 0.322 e. The lowest BCUT2D eigenvalue weighted by molar-refractivity contribution is -0.138. The summed E-state index contributed by atoms with van der Waals surface area (Å²) < 4.78 is 26.2. The molecule has 7 heteroatoms. The Morgan fingerprint density at radius 3 is 2.52 bits per heavy atom. The summed E-state index contributed by atoms with van der Waals surface area (Å²) in [6.45, 7) is 0.432. The van der Waals surface area contributed by atoms with Crippen molar-refractivity contribution in [1.29, 1.82) is 0 Å². The summed E-state index contributed by atoms with van der Waals surface area (Å²) >= 11 is 0. The van der Waals surface area contributed by atoms with Crippen molar-refractivity contribution in [2.45, 2.75) is 31.7 Å². The molecule has 1 aromatic rings. The quantitative estimate of drug-likeness (QED) is 0.901. The monoisotopic (exact) mass is 298 g/mol. The van der Waals surface area contributed by atoms with Crippen LogP contribution in [0.3, 0.4) is 0 Å². The maximum absolute atomic E-state index is 13.1. The fourth-order valence-corrected chi connectivity index (χ4v) is 2.50. The zero-order valence-corrected chi connectivity index (χ0v) is 11.3. The van der Waals surface area contributed by atoms with Gasteiger partial charge in [-0.05, 0) is 31.4 Å². The van der Waals surface area contributed by atoms with Crippen molar-refractivity contribution >= 4 is 17.7 Å². The SMILES string of the molecule is O=C(O)CC1CCCCN1C(=O)Nc1cc(F)cc(F)c1. The molecule has 0 bridgehead atoms. The van der Waals surface area contributed by atoms with E-state index in [9.17, 15) is 18.4 Å². The van der Waals surface area contributed by atoms with Crippen molar-refractivity contribution in [1.82, 2.24) is 4.90 Å². The summed E-state index contributed by atoms with van der Waals surface area (Å²) in [6.07, 6.45) is 2.11. The number of rotatable bonds is 3. The minimum atomic E-state index is -0.975. The maximum atomic E-state index is 13.1. The molecule has 2 rings (SSSR count). The number of carboxylic acids is 1. The first-order valence-electron chi connectivity index (χ1n) is 6.71. The summed E-state index contributed by atoms with van der Waals surface area (Å²) in [4.78, 5) is 24.4. The highest BCUT2D eigenvalue weighted by Crippen LogP contribution is 2.21. The number of hydrogen-bond acceptors (Lipinski definition) is 2. The second-order valence-electron chi connectivity index (χ2n) is 5.03. The average Bonchev–Trinajstić information content (AvgIpc) is 2.37. The number of anilines is 1. The molecule has 5 nitrogen and oxygen atoms in total. The molecule has 2 N–H and O–H groups in total. The summed E-state index contributed by atoms with van der Waals surface area (Å²) in [7, 11) is 0. The number of amides is 2. The van der Waals surface area contributed by atoms with E-state index in [1.807, 2.05) is 0 Å². The van der Waals surface area contributed by atoms with E-state index in [1.54, 1.807) is 0 Å². The van der Waals surface area contributed by atoms with Gasteiger partial charge in [0, 0.05) is 24.3 Å². The van der Waals surface area contributed by atoms with Crippen molar-refractivity contribution in [3.8, 4) is 0 Å². The highest BCUT2D eigenvalue weighted by molar-refractivity contribution is 5.89. The van der Waals surface area contributed by atoms with Crippen LogP contribution in [0.15, 0.2) is 18.2 Å². The number of urea groups is 1. The number of likely N-dealkylation sites (tertiary alicyclic amines) is 1. The molecular weight excluding hydrogens is 282 g/mol. The molecule has 1 unspecified atom stereocenters. The van der Waals surface area contributed by atoms with Crippen molar-refractivity contribution in [3.05, 3.63) is 29.8 Å². The van der Waals surface area contributed by atoms with E-state index < -0.39 is 29.7 Å². The minimum absolute atomic E-state index is 0.0112. The largest absolute Gasteiger partial charge is 0.481 e. The van der Waals surface area contributed by atoms with E-state index in [0.717, 1.165) is 25.0 Å². The van der Waals surface area contributed by atoms with Gasteiger partial charge in [0.15, 0.2) is 0 Å². The van der Waals surface area contributed by atoms with Gasteiger partial charge in [-0.3, -0.25) is 4.79 Å². The number of carboxylic acid groups (broad SMARTS) is 1. The highest BCUT2D eigenvalue weighted by Gasteiger charge is 2.28. The number of benzene rings is 1. The molecule has 0 spiro atoms. The minimum Gasteiger partial charge on any atom is -0.481 e. The van der Waals surface area contributed by atoms with Gasteiger partial charge in [0.2, 0.25) is 0 Å². The molecule has 0 radical (unpaired) electrons. The molecule has 0 saturated carbocycles. The molecule has 1 saturated heterocycles.